The first-order chi connectivity index (χ1) is 12.4. The smallest absolute Gasteiger partial charge is 0.243 e. The van der Waals surface area contributed by atoms with Crippen LogP contribution in [-0.2, 0) is 14.8 Å². The fourth-order valence-corrected chi connectivity index (χ4v) is 5.73. The van der Waals surface area contributed by atoms with Crippen molar-refractivity contribution in [3.05, 3.63) is 36.9 Å². The van der Waals surface area contributed by atoms with E-state index >= 15 is 0 Å². The van der Waals surface area contributed by atoms with Gasteiger partial charge in [-0.15, -0.1) is 6.58 Å². The van der Waals surface area contributed by atoms with Gasteiger partial charge in [0.1, 0.15) is 5.75 Å². The summed E-state index contributed by atoms with van der Waals surface area (Å²) in [7, 11) is -2.12. The highest BCUT2D eigenvalue weighted by molar-refractivity contribution is 7.89. The Labute approximate surface area is 155 Å². The van der Waals surface area contributed by atoms with E-state index in [1.807, 2.05) is 4.90 Å². The average molecular weight is 378 g/mol. The molecule has 2 aliphatic heterocycles. The van der Waals surface area contributed by atoms with Gasteiger partial charge in [-0.1, -0.05) is 12.1 Å². The highest BCUT2D eigenvalue weighted by Crippen LogP contribution is 2.38. The van der Waals surface area contributed by atoms with Crippen LogP contribution in [0.25, 0.3) is 0 Å². The maximum atomic E-state index is 13.2. The summed E-state index contributed by atoms with van der Waals surface area (Å²) in [6, 6.07) is 6.54. The molecule has 1 spiro atoms. The summed E-state index contributed by atoms with van der Waals surface area (Å²) in [4.78, 5) is 14.5. The maximum Gasteiger partial charge on any atom is 0.243 e. The number of nitrogens with zero attached hydrogens (tertiary/aromatic N) is 2. The summed E-state index contributed by atoms with van der Waals surface area (Å²) >= 11 is 0. The number of benzene rings is 1. The van der Waals surface area contributed by atoms with Gasteiger partial charge in [0.05, 0.1) is 17.5 Å². The SMILES string of the molecule is C=CCN1C(=O)CCC[C@]12CCCN(S(=O)(=O)c1cccc(OC)c1)C2. The van der Waals surface area contributed by atoms with Crippen molar-refractivity contribution in [2.45, 2.75) is 42.5 Å². The van der Waals surface area contributed by atoms with Crippen molar-refractivity contribution >= 4 is 15.9 Å². The molecule has 0 aromatic heterocycles. The predicted molar refractivity (Wildman–Crippen MR) is 99.5 cm³/mol. The number of rotatable bonds is 5. The molecule has 1 atom stereocenters. The minimum absolute atomic E-state index is 0.0942. The number of hydrogen-bond donors (Lipinski definition) is 0. The normalized spacial score (nSPS) is 24.7. The molecule has 2 fully saturated rings. The van der Waals surface area contributed by atoms with Gasteiger partial charge >= 0.3 is 0 Å². The molecule has 0 saturated carbocycles. The van der Waals surface area contributed by atoms with E-state index in [1.165, 1.54) is 11.4 Å². The molecular weight excluding hydrogens is 352 g/mol. The lowest BCUT2D eigenvalue weighted by molar-refractivity contribution is -0.143. The van der Waals surface area contributed by atoms with Gasteiger partial charge in [0.2, 0.25) is 15.9 Å². The molecule has 6 nitrogen and oxygen atoms in total. The molecule has 7 heteroatoms. The zero-order chi connectivity index (χ0) is 18.8. The van der Waals surface area contributed by atoms with Crippen LogP contribution in [0, 0.1) is 0 Å². The highest BCUT2D eigenvalue weighted by atomic mass is 32.2. The first-order valence-corrected chi connectivity index (χ1v) is 10.4. The van der Waals surface area contributed by atoms with E-state index in [0.29, 0.717) is 31.8 Å². The molecule has 0 bridgehead atoms. The second-order valence-electron chi connectivity index (χ2n) is 6.99. The Hall–Kier alpha value is -1.86. The van der Waals surface area contributed by atoms with E-state index in [-0.39, 0.29) is 10.8 Å². The number of ether oxygens (including phenoxy) is 1. The van der Waals surface area contributed by atoms with Crippen LogP contribution in [0.5, 0.6) is 5.75 Å². The van der Waals surface area contributed by atoms with Crippen LogP contribution >= 0.6 is 0 Å². The second-order valence-corrected chi connectivity index (χ2v) is 8.93. The molecule has 0 radical (unpaired) electrons. The molecule has 3 rings (SSSR count). The van der Waals surface area contributed by atoms with Crippen LogP contribution in [0.2, 0.25) is 0 Å². The third-order valence-electron chi connectivity index (χ3n) is 5.42. The van der Waals surface area contributed by atoms with Gasteiger partial charge < -0.3 is 9.64 Å². The van der Waals surface area contributed by atoms with Crippen LogP contribution < -0.4 is 4.74 Å². The lowest BCUT2D eigenvalue weighted by Crippen LogP contribution is -2.63. The molecular formula is C19H26N2O4S. The van der Waals surface area contributed by atoms with Crippen LogP contribution in [0.1, 0.15) is 32.1 Å². The van der Waals surface area contributed by atoms with Crippen LogP contribution in [0.3, 0.4) is 0 Å². The summed E-state index contributed by atoms with van der Waals surface area (Å²) in [5.41, 5.74) is -0.423. The monoisotopic (exact) mass is 378 g/mol. The van der Waals surface area contributed by atoms with E-state index in [2.05, 4.69) is 6.58 Å². The molecule has 0 aliphatic carbocycles. The molecule has 26 heavy (non-hydrogen) atoms. The molecule has 1 aromatic rings. The van der Waals surface area contributed by atoms with Gasteiger partial charge in [-0.2, -0.15) is 4.31 Å². The van der Waals surface area contributed by atoms with Crippen LogP contribution in [-0.4, -0.2) is 55.8 Å². The molecule has 0 unspecified atom stereocenters. The quantitative estimate of drug-likeness (QED) is 0.738. The minimum Gasteiger partial charge on any atom is -0.497 e. The van der Waals surface area contributed by atoms with Crippen molar-refractivity contribution in [2.24, 2.45) is 0 Å². The Balaban J connectivity index is 1.91. The van der Waals surface area contributed by atoms with Gasteiger partial charge in [-0.25, -0.2) is 8.42 Å². The van der Waals surface area contributed by atoms with E-state index in [0.717, 1.165) is 25.7 Å². The molecule has 2 heterocycles. The van der Waals surface area contributed by atoms with E-state index in [9.17, 15) is 13.2 Å². The van der Waals surface area contributed by atoms with Gasteiger partial charge in [0, 0.05) is 32.1 Å². The second kappa shape index (κ2) is 7.40. The van der Waals surface area contributed by atoms with Gasteiger partial charge in [0.15, 0.2) is 0 Å². The van der Waals surface area contributed by atoms with Gasteiger partial charge in [0.25, 0.3) is 0 Å². The predicted octanol–water partition coefficient (Wildman–Crippen LogP) is 2.42. The largest absolute Gasteiger partial charge is 0.497 e. The minimum atomic E-state index is -3.64. The molecule has 2 saturated heterocycles. The number of likely N-dealkylation sites (tertiary alicyclic amines) is 1. The number of piperidine rings is 2. The number of amides is 1. The van der Waals surface area contributed by atoms with Crippen LogP contribution in [0.4, 0.5) is 0 Å². The van der Waals surface area contributed by atoms with Crippen molar-refractivity contribution in [1.29, 1.82) is 0 Å². The zero-order valence-corrected chi connectivity index (χ0v) is 16.0. The Morgan fingerprint density at radius 3 is 2.81 bits per heavy atom. The summed E-state index contributed by atoms with van der Waals surface area (Å²) in [6.45, 7) is 5.04. The van der Waals surface area contributed by atoms with Crippen molar-refractivity contribution in [3.8, 4) is 5.75 Å². The fourth-order valence-electron chi connectivity index (χ4n) is 4.14. The van der Waals surface area contributed by atoms with E-state index in [1.54, 1.807) is 30.3 Å². The zero-order valence-electron chi connectivity index (χ0n) is 15.2. The summed E-state index contributed by atoms with van der Waals surface area (Å²) in [5.74, 6) is 0.607. The van der Waals surface area contributed by atoms with E-state index in [4.69, 9.17) is 4.74 Å². The third-order valence-corrected chi connectivity index (χ3v) is 7.26. The lowest BCUT2D eigenvalue weighted by Gasteiger charge is -2.51. The topological polar surface area (TPSA) is 66.9 Å². The summed E-state index contributed by atoms with van der Waals surface area (Å²) in [6.07, 6.45) is 5.45. The molecule has 1 amide bonds. The Kier molecular flexibility index (Phi) is 5.39. The third kappa shape index (κ3) is 3.38. The van der Waals surface area contributed by atoms with Gasteiger partial charge in [-0.3, -0.25) is 4.79 Å². The molecule has 142 valence electrons. The van der Waals surface area contributed by atoms with Gasteiger partial charge in [-0.05, 0) is 37.8 Å². The number of carbonyl (C=O) groups excluding carboxylic acids is 1. The molecule has 0 N–H and O–H groups in total. The number of hydrogen-bond acceptors (Lipinski definition) is 4. The van der Waals surface area contributed by atoms with Crippen molar-refractivity contribution in [3.63, 3.8) is 0 Å². The fraction of sp³-hybridized carbons (Fsp3) is 0.526. The Morgan fingerprint density at radius 2 is 2.08 bits per heavy atom. The summed E-state index contributed by atoms with van der Waals surface area (Å²) in [5, 5.41) is 0. The van der Waals surface area contributed by atoms with E-state index < -0.39 is 15.6 Å². The maximum absolute atomic E-state index is 13.2. The van der Waals surface area contributed by atoms with Crippen molar-refractivity contribution in [1.82, 2.24) is 9.21 Å². The van der Waals surface area contributed by atoms with Crippen LogP contribution in [0.15, 0.2) is 41.8 Å². The first kappa shape index (κ1) is 18.9. The number of sulfonamides is 1. The molecule has 2 aliphatic rings. The Morgan fingerprint density at radius 1 is 1.31 bits per heavy atom. The number of carbonyl (C=O) groups is 1. The first-order valence-electron chi connectivity index (χ1n) is 8.98. The standard InChI is InChI=1S/C19H26N2O4S/c1-3-12-21-18(22)9-5-10-19(21)11-6-13-20(15-19)26(23,24)17-8-4-7-16(14-17)25-2/h3-4,7-8,14H,1,5-6,9-13,15H2,2H3/t19-/m1/s1. The number of methoxy groups -OCH3 is 1. The molecule has 1 aromatic carbocycles. The lowest BCUT2D eigenvalue weighted by atomic mass is 9.80. The average Bonchev–Trinajstić information content (AvgIpc) is 2.65. The van der Waals surface area contributed by atoms with Crippen molar-refractivity contribution in [2.75, 3.05) is 26.7 Å². The Bertz CT molecular complexity index is 788. The van der Waals surface area contributed by atoms with Crippen molar-refractivity contribution < 1.29 is 17.9 Å². The highest BCUT2D eigenvalue weighted by Gasteiger charge is 2.47. The summed E-state index contributed by atoms with van der Waals surface area (Å²) < 4.78 is 33.0.